The minimum Gasteiger partial charge on any atom is -0.353 e. The molecule has 6 rings (SSSR count). The lowest BCUT2D eigenvalue weighted by atomic mass is 9.95. The summed E-state index contributed by atoms with van der Waals surface area (Å²) >= 11 is 0. The number of carbonyl (C=O) groups is 1. The molecular weight excluding hydrogens is 479 g/mol. The number of H-pyrrole nitrogens is 2. The molecule has 0 unspecified atom stereocenters. The van der Waals surface area contributed by atoms with E-state index in [-0.39, 0.29) is 11.7 Å². The number of aromatic nitrogens is 5. The zero-order chi connectivity index (χ0) is 26.4. The highest BCUT2D eigenvalue weighted by atomic mass is 19.1. The molecule has 0 fully saturated rings. The number of halogens is 1. The number of rotatable bonds is 4. The second-order valence-corrected chi connectivity index (χ2v) is 10.3. The second kappa shape index (κ2) is 8.92. The van der Waals surface area contributed by atoms with Crippen molar-refractivity contribution in [3.63, 3.8) is 0 Å². The van der Waals surface area contributed by atoms with Gasteiger partial charge in [-0.25, -0.2) is 9.37 Å². The summed E-state index contributed by atoms with van der Waals surface area (Å²) in [6.07, 6.45) is 3.34. The molecule has 0 radical (unpaired) electrons. The highest BCUT2D eigenvalue weighted by molar-refractivity contribution is 6.00. The fourth-order valence-corrected chi connectivity index (χ4v) is 4.38. The van der Waals surface area contributed by atoms with E-state index in [0.717, 1.165) is 38.8 Å². The van der Waals surface area contributed by atoms with E-state index in [9.17, 15) is 9.18 Å². The lowest BCUT2D eigenvalue weighted by Gasteiger charge is -2.17. The molecule has 1 amide bonds. The minimum atomic E-state index is -0.519. The predicted molar refractivity (Wildman–Crippen MR) is 148 cm³/mol. The van der Waals surface area contributed by atoms with Crippen LogP contribution in [0.15, 0.2) is 79.1 Å². The van der Waals surface area contributed by atoms with Gasteiger partial charge in [-0.2, -0.15) is 5.10 Å². The molecule has 0 saturated carbocycles. The number of aromatic amines is 2. The number of fused-ring (bicyclic) bond motifs is 2. The van der Waals surface area contributed by atoms with Crippen LogP contribution in [-0.2, 0) is 4.79 Å². The normalized spacial score (nSPS) is 11.8. The Balaban J connectivity index is 1.39. The molecule has 0 aliphatic heterocycles. The van der Waals surface area contributed by atoms with Crippen LogP contribution in [0.5, 0.6) is 0 Å². The van der Waals surface area contributed by atoms with Gasteiger partial charge < -0.3 is 10.3 Å². The fourth-order valence-electron chi connectivity index (χ4n) is 4.38. The van der Waals surface area contributed by atoms with Gasteiger partial charge in [-0.1, -0.05) is 45.0 Å². The molecule has 0 saturated heterocycles. The van der Waals surface area contributed by atoms with Crippen molar-refractivity contribution in [3.05, 3.63) is 84.9 Å². The van der Waals surface area contributed by atoms with Crippen LogP contribution < -0.4 is 5.32 Å². The van der Waals surface area contributed by atoms with Gasteiger partial charge in [0.05, 0.1) is 28.8 Å². The van der Waals surface area contributed by atoms with Crippen LogP contribution in [0.4, 0.5) is 10.1 Å². The van der Waals surface area contributed by atoms with Crippen molar-refractivity contribution in [1.82, 2.24) is 25.1 Å². The number of hydrogen-bond acceptors (Lipinski definition) is 4. The Labute approximate surface area is 218 Å². The zero-order valence-electron chi connectivity index (χ0n) is 21.1. The quantitative estimate of drug-likeness (QED) is 0.242. The molecule has 0 spiro atoms. The van der Waals surface area contributed by atoms with Crippen molar-refractivity contribution in [2.75, 3.05) is 5.32 Å². The lowest BCUT2D eigenvalue weighted by Crippen LogP contribution is -2.27. The average Bonchev–Trinajstić information content (AvgIpc) is 3.52. The standard InChI is InChI=1S/C30H25FN6O/c1-30(2,3)29(38)33-20-13-18(15-32-16-20)23-11-12-25-27(35-23)28(37-36-25)26-14-22-21(5-4-6-24(22)34-26)17-7-9-19(31)10-8-17/h4-16,34H,1-3H3,(H,33,38)(H,36,37). The van der Waals surface area contributed by atoms with E-state index in [1.165, 1.54) is 12.1 Å². The largest absolute Gasteiger partial charge is 0.353 e. The van der Waals surface area contributed by atoms with Gasteiger partial charge in [-0.3, -0.25) is 14.9 Å². The third-order valence-corrected chi connectivity index (χ3v) is 6.46. The lowest BCUT2D eigenvalue weighted by molar-refractivity contribution is -0.123. The van der Waals surface area contributed by atoms with Gasteiger partial charge in [0.15, 0.2) is 0 Å². The third-order valence-electron chi connectivity index (χ3n) is 6.46. The Hall–Kier alpha value is -4.85. The van der Waals surface area contributed by atoms with E-state index in [1.54, 1.807) is 24.5 Å². The number of pyridine rings is 2. The summed E-state index contributed by atoms with van der Waals surface area (Å²) in [6, 6.07) is 20.2. The molecule has 0 aliphatic carbocycles. The van der Waals surface area contributed by atoms with Gasteiger partial charge in [-0.05, 0) is 53.6 Å². The van der Waals surface area contributed by atoms with Gasteiger partial charge in [-0.15, -0.1) is 0 Å². The van der Waals surface area contributed by atoms with Crippen molar-refractivity contribution in [3.8, 4) is 33.8 Å². The summed E-state index contributed by atoms with van der Waals surface area (Å²) in [7, 11) is 0. The third kappa shape index (κ3) is 4.30. The average molecular weight is 505 g/mol. The molecule has 3 N–H and O–H groups in total. The summed E-state index contributed by atoms with van der Waals surface area (Å²) in [6.45, 7) is 5.59. The topological polar surface area (TPSA) is 99.4 Å². The maximum absolute atomic E-state index is 13.5. The number of nitrogens with zero attached hydrogens (tertiary/aromatic N) is 3. The molecule has 38 heavy (non-hydrogen) atoms. The summed E-state index contributed by atoms with van der Waals surface area (Å²) in [5, 5.41) is 11.6. The number of nitrogens with one attached hydrogen (secondary N) is 3. The molecule has 7 nitrogen and oxygen atoms in total. The van der Waals surface area contributed by atoms with Crippen LogP contribution in [0.1, 0.15) is 20.8 Å². The summed E-state index contributed by atoms with van der Waals surface area (Å²) in [4.78, 5) is 25.1. The summed E-state index contributed by atoms with van der Waals surface area (Å²) < 4.78 is 13.5. The highest BCUT2D eigenvalue weighted by Crippen LogP contribution is 2.34. The van der Waals surface area contributed by atoms with Gasteiger partial charge >= 0.3 is 0 Å². The molecule has 4 heterocycles. The second-order valence-electron chi connectivity index (χ2n) is 10.3. The summed E-state index contributed by atoms with van der Waals surface area (Å²) in [5.41, 5.74) is 7.47. The molecule has 0 aliphatic rings. The van der Waals surface area contributed by atoms with Gasteiger partial charge in [0, 0.05) is 28.1 Å². The number of carbonyl (C=O) groups excluding carboxylic acids is 1. The minimum absolute atomic E-state index is 0.0872. The number of benzene rings is 2. The molecule has 188 valence electrons. The maximum Gasteiger partial charge on any atom is 0.229 e. The van der Waals surface area contributed by atoms with Crippen LogP contribution in [0, 0.1) is 11.2 Å². The van der Waals surface area contributed by atoms with Crippen LogP contribution in [-0.4, -0.2) is 31.1 Å². The van der Waals surface area contributed by atoms with Crippen molar-refractivity contribution in [2.24, 2.45) is 5.41 Å². The zero-order valence-corrected chi connectivity index (χ0v) is 21.1. The Morgan fingerprint density at radius 2 is 1.74 bits per heavy atom. The molecule has 8 heteroatoms. The SMILES string of the molecule is CC(C)(C)C(=O)Nc1cncc(-c2ccc3[nH]nc(-c4cc5c(-c6ccc(F)cc6)cccc5[nH]4)c3n2)c1. The van der Waals surface area contributed by atoms with Gasteiger partial charge in [0.1, 0.15) is 17.0 Å². The Kier molecular flexibility index (Phi) is 5.52. The van der Waals surface area contributed by atoms with Crippen LogP contribution in [0.2, 0.25) is 0 Å². The molecule has 0 atom stereocenters. The first-order valence-electron chi connectivity index (χ1n) is 12.3. The van der Waals surface area contributed by atoms with Crippen molar-refractivity contribution in [2.45, 2.75) is 20.8 Å². The predicted octanol–water partition coefficient (Wildman–Crippen LogP) is 6.96. The van der Waals surface area contributed by atoms with E-state index in [4.69, 9.17) is 4.98 Å². The number of amides is 1. The Bertz CT molecular complexity index is 1810. The Morgan fingerprint density at radius 3 is 2.53 bits per heavy atom. The summed E-state index contributed by atoms with van der Waals surface area (Å²) in [5.74, 6) is -0.353. The van der Waals surface area contributed by atoms with Gasteiger partial charge in [0.2, 0.25) is 5.91 Å². The van der Waals surface area contributed by atoms with Crippen molar-refractivity contribution in [1.29, 1.82) is 0 Å². The molecule has 2 aromatic carbocycles. The van der Waals surface area contributed by atoms with E-state index in [1.807, 2.05) is 63.2 Å². The first-order valence-corrected chi connectivity index (χ1v) is 12.3. The van der Waals surface area contributed by atoms with Crippen LogP contribution >= 0.6 is 0 Å². The maximum atomic E-state index is 13.5. The van der Waals surface area contributed by atoms with E-state index >= 15 is 0 Å². The van der Waals surface area contributed by atoms with Gasteiger partial charge in [0.25, 0.3) is 0 Å². The van der Waals surface area contributed by atoms with Crippen LogP contribution in [0.3, 0.4) is 0 Å². The molecular formula is C30H25FN6O. The van der Waals surface area contributed by atoms with Crippen molar-refractivity contribution < 1.29 is 9.18 Å². The number of anilines is 1. The number of hydrogen-bond donors (Lipinski definition) is 3. The molecule has 0 bridgehead atoms. The monoisotopic (exact) mass is 504 g/mol. The fraction of sp³-hybridized carbons (Fsp3) is 0.133. The first-order chi connectivity index (χ1) is 18.3. The van der Waals surface area contributed by atoms with E-state index in [2.05, 4.69) is 25.5 Å². The van der Waals surface area contributed by atoms with Crippen LogP contribution in [0.25, 0.3) is 55.7 Å². The van der Waals surface area contributed by atoms with E-state index in [0.29, 0.717) is 22.6 Å². The smallest absolute Gasteiger partial charge is 0.229 e. The first kappa shape index (κ1) is 23.5. The van der Waals surface area contributed by atoms with E-state index < -0.39 is 5.41 Å². The molecule has 6 aromatic rings. The Morgan fingerprint density at radius 1 is 0.921 bits per heavy atom. The molecule has 4 aromatic heterocycles. The van der Waals surface area contributed by atoms with Crippen molar-refractivity contribution >= 4 is 33.5 Å². The highest BCUT2D eigenvalue weighted by Gasteiger charge is 2.21.